The molecule has 1 saturated carbocycles. The lowest BCUT2D eigenvalue weighted by atomic mass is 9.94. The summed E-state index contributed by atoms with van der Waals surface area (Å²) in [5.41, 5.74) is 5.10. The third kappa shape index (κ3) is 5.03. The first-order valence-corrected chi connectivity index (χ1v) is 15.2. The molecule has 0 saturated heterocycles. The van der Waals surface area contributed by atoms with Crippen molar-refractivity contribution in [3.63, 3.8) is 0 Å². The Bertz CT molecular complexity index is 1840. The highest BCUT2D eigenvalue weighted by molar-refractivity contribution is 7.91. The Morgan fingerprint density at radius 1 is 1.12 bits per heavy atom. The zero-order chi connectivity index (χ0) is 29.7. The Hall–Kier alpha value is -3.98. The molecule has 3 heterocycles. The highest BCUT2D eigenvalue weighted by atomic mass is 32.2. The second kappa shape index (κ2) is 10.4. The van der Waals surface area contributed by atoms with Gasteiger partial charge in [-0.05, 0) is 93.5 Å². The summed E-state index contributed by atoms with van der Waals surface area (Å²) in [6.07, 6.45) is 6.95. The Labute approximate surface area is 240 Å². The fraction of sp³-hybridized carbons (Fsp3) is 0.344. The molecule has 9 heteroatoms. The van der Waals surface area contributed by atoms with Gasteiger partial charge in [-0.1, -0.05) is 6.08 Å². The number of Topliss-reactive ketones (excluding diaryl/α,β-unsaturated/α-hetero) is 1. The van der Waals surface area contributed by atoms with Crippen molar-refractivity contribution in [3.8, 4) is 11.1 Å². The van der Waals surface area contributed by atoms with E-state index in [0.29, 0.717) is 52.4 Å². The van der Waals surface area contributed by atoms with Crippen LogP contribution in [-0.4, -0.2) is 47.0 Å². The minimum Gasteiger partial charge on any atom is -0.363 e. The molecule has 4 aromatic rings. The van der Waals surface area contributed by atoms with Gasteiger partial charge in [0.2, 0.25) is 10.0 Å². The quantitative estimate of drug-likeness (QED) is 0.199. The number of benzene rings is 1. The molecular formula is C32H36N4O4S. The second-order valence-electron chi connectivity index (χ2n) is 11.4. The van der Waals surface area contributed by atoms with E-state index in [2.05, 4.69) is 16.5 Å². The molecule has 5 rings (SSSR count). The van der Waals surface area contributed by atoms with Crippen molar-refractivity contribution in [1.82, 2.24) is 13.9 Å². The van der Waals surface area contributed by atoms with Gasteiger partial charge < -0.3 is 9.88 Å². The fourth-order valence-electron chi connectivity index (χ4n) is 5.68. The van der Waals surface area contributed by atoms with Gasteiger partial charge in [0.15, 0.2) is 5.78 Å². The third-order valence-corrected chi connectivity index (χ3v) is 10.6. The number of nitrogens with zero attached hydrogens (tertiary/aromatic N) is 3. The van der Waals surface area contributed by atoms with Crippen LogP contribution in [0.25, 0.3) is 22.0 Å². The number of carbonyl (C=O) groups is 1. The van der Waals surface area contributed by atoms with E-state index in [1.54, 1.807) is 18.5 Å². The van der Waals surface area contributed by atoms with Crippen molar-refractivity contribution >= 4 is 32.5 Å². The monoisotopic (exact) mass is 572 g/mol. The van der Waals surface area contributed by atoms with Gasteiger partial charge in [0.25, 0.3) is 5.56 Å². The molecule has 1 fully saturated rings. The van der Waals surface area contributed by atoms with E-state index in [9.17, 15) is 18.0 Å². The lowest BCUT2D eigenvalue weighted by Gasteiger charge is -2.17. The van der Waals surface area contributed by atoms with Gasteiger partial charge in [-0.3, -0.25) is 9.59 Å². The number of pyridine rings is 2. The number of carbonyl (C=O) groups excluding carboxylic acids is 1. The zero-order valence-corrected chi connectivity index (χ0v) is 25.1. The maximum absolute atomic E-state index is 14.0. The SMILES string of the molecule is C=CCC1(S(=O)(=O)n2cc(C)c3c(C(=O)CCc4c(C)cc(C)[nH]c4=O)cc(-c4ccc(N(C)C)nc4)cc32)CC1. The number of aromatic amines is 1. The van der Waals surface area contributed by atoms with E-state index >= 15 is 0 Å². The van der Waals surface area contributed by atoms with Gasteiger partial charge in [0.1, 0.15) is 5.82 Å². The van der Waals surface area contributed by atoms with E-state index in [-0.39, 0.29) is 24.2 Å². The first-order valence-electron chi connectivity index (χ1n) is 13.8. The predicted molar refractivity (Wildman–Crippen MR) is 165 cm³/mol. The van der Waals surface area contributed by atoms with Crippen molar-refractivity contribution in [3.05, 3.63) is 93.7 Å². The van der Waals surface area contributed by atoms with E-state index in [0.717, 1.165) is 22.6 Å². The number of H-pyrrole nitrogens is 1. The number of anilines is 1. The van der Waals surface area contributed by atoms with Crippen molar-refractivity contribution < 1.29 is 13.2 Å². The van der Waals surface area contributed by atoms with Crippen LogP contribution in [0.5, 0.6) is 0 Å². The van der Waals surface area contributed by atoms with Gasteiger partial charge in [0, 0.05) is 60.7 Å². The number of ketones is 1. The summed E-state index contributed by atoms with van der Waals surface area (Å²) in [6.45, 7) is 9.31. The molecule has 0 unspecified atom stereocenters. The third-order valence-electron chi connectivity index (χ3n) is 8.13. The summed E-state index contributed by atoms with van der Waals surface area (Å²) in [4.78, 5) is 35.7. The molecule has 3 aromatic heterocycles. The first-order chi connectivity index (χ1) is 19.4. The topological polar surface area (TPSA) is 105 Å². The predicted octanol–water partition coefficient (Wildman–Crippen LogP) is 5.48. The van der Waals surface area contributed by atoms with Crippen LogP contribution in [0.2, 0.25) is 0 Å². The number of nitrogens with one attached hydrogen (secondary N) is 1. The van der Waals surface area contributed by atoms with Gasteiger partial charge in [-0.15, -0.1) is 6.58 Å². The molecule has 0 bridgehead atoms. The van der Waals surface area contributed by atoms with Crippen LogP contribution in [0.15, 0.2) is 60.2 Å². The van der Waals surface area contributed by atoms with Gasteiger partial charge >= 0.3 is 0 Å². The molecular weight excluding hydrogens is 536 g/mol. The molecule has 41 heavy (non-hydrogen) atoms. The van der Waals surface area contributed by atoms with Crippen molar-refractivity contribution in [2.24, 2.45) is 0 Å². The number of fused-ring (bicyclic) bond motifs is 1. The summed E-state index contributed by atoms with van der Waals surface area (Å²) in [5, 5.41) is 0.615. The Balaban J connectivity index is 1.65. The molecule has 1 aliphatic carbocycles. The molecule has 8 nitrogen and oxygen atoms in total. The van der Waals surface area contributed by atoms with Crippen LogP contribution in [-0.2, 0) is 16.4 Å². The van der Waals surface area contributed by atoms with Gasteiger partial charge in [-0.2, -0.15) is 0 Å². The van der Waals surface area contributed by atoms with Gasteiger partial charge in [0.05, 0.1) is 10.3 Å². The fourth-order valence-corrected chi connectivity index (χ4v) is 7.74. The van der Waals surface area contributed by atoms with Crippen molar-refractivity contribution in [2.75, 3.05) is 19.0 Å². The highest BCUT2D eigenvalue weighted by Crippen LogP contribution is 2.49. The average Bonchev–Trinajstić information content (AvgIpc) is 3.64. The number of allylic oxidation sites excluding steroid dienone is 1. The van der Waals surface area contributed by atoms with E-state index in [1.165, 1.54) is 3.97 Å². The van der Waals surface area contributed by atoms with E-state index in [4.69, 9.17) is 0 Å². The standard InChI is InChI=1S/C32H36N4O4S/c1-7-12-32(13-14-32)41(39,40)36-19-21(3)30-26(28(37)10-9-25-20(2)15-22(4)34-31(25)38)16-24(17-27(30)36)23-8-11-29(33-18-23)35(5)6/h7-8,11,15-19H,1,9-10,12-14H2,2-6H3,(H,34,38). The van der Waals surface area contributed by atoms with E-state index in [1.807, 2.05) is 70.1 Å². The summed E-state index contributed by atoms with van der Waals surface area (Å²) < 4.78 is 28.4. The molecule has 1 aliphatic rings. The lowest BCUT2D eigenvalue weighted by Crippen LogP contribution is -2.28. The number of hydrogen-bond donors (Lipinski definition) is 1. The summed E-state index contributed by atoms with van der Waals surface area (Å²) in [5.74, 6) is 0.631. The number of aromatic nitrogens is 3. The molecule has 214 valence electrons. The summed E-state index contributed by atoms with van der Waals surface area (Å²) in [6, 6.07) is 9.36. The van der Waals surface area contributed by atoms with Crippen LogP contribution < -0.4 is 10.5 Å². The molecule has 0 amide bonds. The number of rotatable bonds is 10. The van der Waals surface area contributed by atoms with Crippen molar-refractivity contribution in [1.29, 1.82) is 0 Å². The van der Waals surface area contributed by atoms with Crippen LogP contribution in [0.3, 0.4) is 0 Å². The van der Waals surface area contributed by atoms with E-state index < -0.39 is 14.8 Å². The molecule has 0 radical (unpaired) electrons. The first kappa shape index (κ1) is 28.5. The largest absolute Gasteiger partial charge is 0.363 e. The summed E-state index contributed by atoms with van der Waals surface area (Å²) in [7, 11) is 0.0529. The van der Waals surface area contributed by atoms with Crippen LogP contribution in [0.4, 0.5) is 5.82 Å². The normalized spacial score (nSPS) is 14.3. The second-order valence-corrected chi connectivity index (χ2v) is 13.6. The zero-order valence-electron chi connectivity index (χ0n) is 24.2. The molecule has 0 atom stereocenters. The Morgan fingerprint density at radius 3 is 2.44 bits per heavy atom. The van der Waals surface area contributed by atoms with Crippen LogP contribution in [0, 0.1) is 20.8 Å². The molecule has 1 aromatic carbocycles. The minimum atomic E-state index is -3.76. The Morgan fingerprint density at radius 2 is 1.85 bits per heavy atom. The highest BCUT2D eigenvalue weighted by Gasteiger charge is 2.54. The van der Waals surface area contributed by atoms with Crippen LogP contribution in [0.1, 0.15) is 58.4 Å². The molecule has 1 N–H and O–H groups in total. The van der Waals surface area contributed by atoms with Gasteiger partial charge in [-0.25, -0.2) is 17.4 Å². The maximum atomic E-state index is 14.0. The molecule has 0 aliphatic heterocycles. The molecule has 0 spiro atoms. The number of hydrogen-bond acceptors (Lipinski definition) is 6. The average molecular weight is 573 g/mol. The smallest absolute Gasteiger partial charge is 0.251 e. The maximum Gasteiger partial charge on any atom is 0.251 e. The number of aryl methyl sites for hydroxylation is 3. The van der Waals surface area contributed by atoms with Crippen molar-refractivity contribution in [2.45, 2.75) is 57.6 Å². The minimum absolute atomic E-state index is 0.112. The van der Waals surface area contributed by atoms with Crippen LogP contribution >= 0.6 is 0 Å². The Kier molecular flexibility index (Phi) is 7.27. The summed E-state index contributed by atoms with van der Waals surface area (Å²) >= 11 is 0. The lowest BCUT2D eigenvalue weighted by molar-refractivity contribution is 0.0984.